The minimum atomic E-state index is -0.224. The van der Waals surface area contributed by atoms with E-state index in [4.69, 9.17) is 16.3 Å². The highest BCUT2D eigenvalue weighted by molar-refractivity contribution is 6.31. The van der Waals surface area contributed by atoms with Crippen LogP contribution < -0.4 is 5.32 Å². The summed E-state index contributed by atoms with van der Waals surface area (Å²) in [7, 11) is 1.70. The van der Waals surface area contributed by atoms with E-state index in [0.29, 0.717) is 11.6 Å². The van der Waals surface area contributed by atoms with Crippen molar-refractivity contribution >= 4 is 11.6 Å². The summed E-state index contributed by atoms with van der Waals surface area (Å²) in [6, 6.07) is 4.60. The molecule has 0 radical (unpaired) electrons. The monoisotopic (exact) mass is 301 g/mol. The zero-order valence-electron chi connectivity index (χ0n) is 12.6. The quantitative estimate of drug-likeness (QED) is 0.694. The van der Waals surface area contributed by atoms with E-state index < -0.39 is 0 Å². The molecule has 4 heteroatoms. The second-order valence-electron chi connectivity index (χ2n) is 5.29. The van der Waals surface area contributed by atoms with Crippen molar-refractivity contribution in [2.24, 2.45) is 5.41 Å². The number of benzene rings is 1. The summed E-state index contributed by atoms with van der Waals surface area (Å²) < 4.78 is 18.4. The molecule has 1 N–H and O–H groups in total. The van der Waals surface area contributed by atoms with Gasteiger partial charge in [0.15, 0.2) is 0 Å². The van der Waals surface area contributed by atoms with Gasteiger partial charge in [-0.2, -0.15) is 0 Å². The van der Waals surface area contributed by atoms with E-state index >= 15 is 0 Å². The molecule has 0 aliphatic heterocycles. The van der Waals surface area contributed by atoms with Crippen molar-refractivity contribution in [1.82, 2.24) is 5.32 Å². The molecule has 0 fully saturated rings. The number of ether oxygens (including phenoxy) is 1. The summed E-state index contributed by atoms with van der Waals surface area (Å²) >= 11 is 6.19. The molecule has 0 unspecified atom stereocenters. The third-order valence-corrected chi connectivity index (χ3v) is 4.42. The van der Waals surface area contributed by atoms with Crippen LogP contribution in [-0.2, 0) is 11.2 Å². The van der Waals surface area contributed by atoms with E-state index in [9.17, 15) is 4.39 Å². The lowest BCUT2D eigenvalue weighted by Crippen LogP contribution is -2.36. The summed E-state index contributed by atoms with van der Waals surface area (Å²) in [5.41, 5.74) is 0.995. The summed E-state index contributed by atoms with van der Waals surface area (Å²) in [6.07, 6.45) is 2.84. The average molecular weight is 302 g/mol. The normalized spacial score (nSPS) is 11.8. The molecule has 0 aromatic heterocycles. The molecule has 0 saturated heterocycles. The van der Waals surface area contributed by atoms with E-state index in [2.05, 4.69) is 19.2 Å². The fourth-order valence-electron chi connectivity index (χ4n) is 2.42. The van der Waals surface area contributed by atoms with E-state index in [-0.39, 0.29) is 11.2 Å². The summed E-state index contributed by atoms with van der Waals surface area (Å²) in [4.78, 5) is 0. The highest BCUT2D eigenvalue weighted by atomic mass is 35.5. The SMILES string of the molecule is CCC(CC)(CNCCOC)Cc1cc(F)ccc1Cl. The molecule has 0 heterocycles. The van der Waals surface area contributed by atoms with Crippen LogP contribution in [0.25, 0.3) is 0 Å². The van der Waals surface area contributed by atoms with Gasteiger partial charge in [0.2, 0.25) is 0 Å². The smallest absolute Gasteiger partial charge is 0.123 e. The number of halogens is 2. The van der Waals surface area contributed by atoms with Crippen LogP contribution in [0.15, 0.2) is 18.2 Å². The van der Waals surface area contributed by atoms with Crippen molar-refractivity contribution in [3.63, 3.8) is 0 Å². The lowest BCUT2D eigenvalue weighted by Gasteiger charge is -2.32. The molecular weight excluding hydrogens is 277 g/mol. The minimum absolute atomic E-state index is 0.102. The Hall–Kier alpha value is -0.640. The van der Waals surface area contributed by atoms with Gasteiger partial charge in [-0.1, -0.05) is 25.4 Å². The molecule has 0 bridgehead atoms. The standard InChI is InChI=1S/C16H25ClFNO/c1-4-16(5-2,12-19-8-9-20-3)11-13-10-14(18)6-7-15(13)17/h6-7,10,19H,4-5,8-9,11-12H2,1-3H3. The molecular formula is C16H25ClFNO. The van der Waals surface area contributed by atoms with Gasteiger partial charge < -0.3 is 10.1 Å². The molecule has 0 saturated carbocycles. The van der Waals surface area contributed by atoms with Crippen LogP contribution in [0.4, 0.5) is 4.39 Å². The zero-order valence-corrected chi connectivity index (χ0v) is 13.4. The maximum absolute atomic E-state index is 13.4. The van der Waals surface area contributed by atoms with Gasteiger partial charge in [-0.25, -0.2) is 4.39 Å². The summed E-state index contributed by atoms with van der Waals surface area (Å²) in [6.45, 7) is 6.76. The van der Waals surface area contributed by atoms with Crippen molar-refractivity contribution in [2.45, 2.75) is 33.1 Å². The highest BCUT2D eigenvalue weighted by Gasteiger charge is 2.27. The number of hydrogen-bond acceptors (Lipinski definition) is 2. The molecule has 2 nitrogen and oxygen atoms in total. The zero-order chi connectivity index (χ0) is 15.0. The first-order valence-electron chi connectivity index (χ1n) is 7.20. The number of rotatable bonds is 9. The van der Waals surface area contributed by atoms with Gasteiger partial charge in [-0.05, 0) is 48.4 Å². The van der Waals surface area contributed by atoms with E-state index in [1.807, 2.05) is 0 Å². The Kier molecular flexibility index (Phi) is 7.49. The van der Waals surface area contributed by atoms with Gasteiger partial charge in [-0.15, -0.1) is 0 Å². The topological polar surface area (TPSA) is 21.3 Å². The molecule has 114 valence electrons. The van der Waals surface area contributed by atoms with Gasteiger partial charge in [-0.3, -0.25) is 0 Å². The maximum Gasteiger partial charge on any atom is 0.123 e. The van der Waals surface area contributed by atoms with Crippen LogP contribution in [0.2, 0.25) is 5.02 Å². The number of methoxy groups -OCH3 is 1. The van der Waals surface area contributed by atoms with Crippen LogP contribution in [0.5, 0.6) is 0 Å². The number of nitrogens with one attached hydrogen (secondary N) is 1. The van der Waals surface area contributed by atoms with Gasteiger partial charge in [0.1, 0.15) is 5.82 Å². The van der Waals surface area contributed by atoms with Crippen LogP contribution in [0.1, 0.15) is 32.3 Å². The molecule has 0 aliphatic carbocycles. The molecule has 0 atom stereocenters. The second kappa shape index (κ2) is 8.60. The van der Waals surface area contributed by atoms with E-state index in [1.54, 1.807) is 19.2 Å². The van der Waals surface area contributed by atoms with Crippen molar-refractivity contribution in [1.29, 1.82) is 0 Å². The number of hydrogen-bond donors (Lipinski definition) is 1. The first-order chi connectivity index (χ1) is 9.56. The molecule has 1 aromatic carbocycles. The third-order valence-electron chi connectivity index (χ3n) is 4.06. The fraction of sp³-hybridized carbons (Fsp3) is 0.625. The van der Waals surface area contributed by atoms with Gasteiger partial charge in [0, 0.05) is 25.2 Å². The van der Waals surface area contributed by atoms with Crippen molar-refractivity contribution in [3.05, 3.63) is 34.6 Å². The van der Waals surface area contributed by atoms with Crippen LogP contribution >= 0.6 is 11.6 Å². The second-order valence-corrected chi connectivity index (χ2v) is 5.70. The lowest BCUT2D eigenvalue weighted by molar-refractivity contribution is 0.185. The van der Waals surface area contributed by atoms with Crippen LogP contribution in [0.3, 0.4) is 0 Å². The highest BCUT2D eigenvalue weighted by Crippen LogP contribution is 2.33. The largest absolute Gasteiger partial charge is 0.383 e. The van der Waals surface area contributed by atoms with Gasteiger partial charge in [0.05, 0.1) is 6.61 Å². The predicted octanol–water partition coefficient (Wildman–Crippen LogP) is 4.06. The molecule has 20 heavy (non-hydrogen) atoms. The van der Waals surface area contributed by atoms with E-state index in [1.165, 1.54) is 6.07 Å². The van der Waals surface area contributed by atoms with Gasteiger partial charge >= 0.3 is 0 Å². The third kappa shape index (κ3) is 5.04. The molecule has 1 aromatic rings. The maximum atomic E-state index is 13.4. The van der Waals surface area contributed by atoms with Crippen LogP contribution in [-0.4, -0.2) is 26.8 Å². The minimum Gasteiger partial charge on any atom is -0.383 e. The first kappa shape index (κ1) is 17.4. The van der Waals surface area contributed by atoms with Crippen molar-refractivity contribution < 1.29 is 9.13 Å². The fourth-order valence-corrected chi connectivity index (χ4v) is 2.61. The molecule has 0 spiro atoms. The predicted molar refractivity (Wildman–Crippen MR) is 82.9 cm³/mol. The Balaban J connectivity index is 2.76. The Morgan fingerprint density at radius 1 is 1.30 bits per heavy atom. The molecule has 1 rings (SSSR count). The first-order valence-corrected chi connectivity index (χ1v) is 7.58. The van der Waals surface area contributed by atoms with Gasteiger partial charge in [0.25, 0.3) is 0 Å². The Labute approximate surface area is 126 Å². The molecule has 0 amide bonds. The Bertz CT molecular complexity index is 407. The lowest BCUT2D eigenvalue weighted by atomic mass is 9.77. The Morgan fingerprint density at radius 2 is 2.00 bits per heavy atom. The molecule has 0 aliphatic rings. The van der Waals surface area contributed by atoms with Crippen molar-refractivity contribution in [3.8, 4) is 0 Å². The van der Waals surface area contributed by atoms with E-state index in [0.717, 1.165) is 37.9 Å². The van der Waals surface area contributed by atoms with Crippen LogP contribution in [0, 0.1) is 11.2 Å². The summed E-state index contributed by atoms with van der Waals surface area (Å²) in [5.74, 6) is -0.224. The van der Waals surface area contributed by atoms with Crippen molar-refractivity contribution in [2.75, 3.05) is 26.8 Å². The summed E-state index contributed by atoms with van der Waals surface area (Å²) in [5, 5.41) is 4.07. The Morgan fingerprint density at radius 3 is 2.60 bits per heavy atom. The average Bonchev–Trinajstić information content (AvgIpc) is 2.46.